The van der Waals surface area contributed by atoms with Gasteiger partial charge in [0.1, 0.15) is 12.6 Å². The van der Waals surface area contributed by atoms with E-state index in [2.05, 4.69) is 21.1 Å². The van der Waals surface area contributed by atoms with Crippen LogP contribution in [0.1, 0.15) is 61.4 Å². The number of carbonyl (C=O) groups is 4. The second-order valence-corrected chi connectivity index (χ2v) is 9.00. The van der Waals surface area contributed by atoms with Gasteiger partial charge in [-0.1, -0.05) is 30.6 Å². The number of carboxylic acid groups (broad SMARTS) is 1. The molecule has 1 fully saturated rings. The molecule has 0 aliphatic carbocycles. The number of aliphatic carboxylic acids is 1. The van der Waals surface area contributed by atoms with Crippen LogP contribution in [0.25, 0.3) is 0 Å². The number of urea groups is 1. The molecule has 0 aromatic heterocycles. The van der Waals surface area contributed by atoms with Crippen molar-refractivity contribution in [1.82, 2.24) is 20.9 Å². The number of carboxylic acids is 1. The number of amides is 4. The van der Waals surface area contributed by atoms with Crippen LogP contribution in [0.2, 0.25) is 0 Å². The van der Waals surface area contributed by atoms with Crippen LogP contribution >= 0.6 is 0 Å². The highest BCUT2D eigenvalue weighted by Gasteiger charge is 2.30. The number of nitrogens with one attached hydrogen (secondary N) is 3. The number of nitrogens with zero attached hydrogens (tertiary/aromatic N) is 2. The van der Waals surface area contributed by atoms with Crippen LogP contribution in [-0.4, -0.2) is 89.8 Å². The lowest BCUT2D eigenvalue weighted by Crippen LogP contribution is -2.51. The highest BCUT2D eigenvalue weighted by Crippen LogP contribution is 2.16. The molecule has 0 saturated carbocycles. The van der Waals surface area contributed by atoms with Crippen LogP contribution in [0.5, 0.6) is 0 Å². The molecule has 4 amide bonds. The maximum absolute atomic E-state index is 13.3. The molecule has 1 atom stereocenters. The molecular formula is C25H38N6O7. The van der Waals surface area contributed by atoms with Crippen molar-refractivity contribution in [1.29, 1.82) is 0 Å². The van der Waals surface area contributed by atoms with E-state index in [4.69, 9.17) is 20.8 Å². The largest absolute Gasteiger partial charge is 0.480 e. The molecule has 7 N–H and O–H groups in total. The van der Waals surface area contributed by atoms with Crippen LogP contribution in [0.4, 0.5) is 4.79 Å². The number of unbranched alkanes of at least 4 members (excludes halogenated alkanes) is 1. The van der Waals surface area contributed by atoms with E-state index >= 15 is 0 Å². The highest BCUT2D eigenvalue weighted by molar-refractivity contribution is 6.00. The zero-order valence-corrected chi connectivity index (χ0v) is 21.6. The van der Waals surface area contributed by atoms with Gasteiger partial charge in [-0.3, -0.25) is 9.59 Å². The summed E-state index contributed by atoms with van der Waals surface area (Å²) in [6.45, 7) is 3.32. The molecule has 38 heavy (non-hydrogen) atoms. The van der Waals surface area contributed by atoms with Crippen molar-refractivity contribution in [2.24, 2.45) is 10.9 Å². The van der Waals surface area contributed by atoms with E-state index in [1.807, 2.05) is 6.92 Å². The number of hydrogen-bond donors (Lipinski definition) is 6. The van der Waals surface area contributed by atoms with E-state index < -0.39 is 17.9 Å². The van der Waals surface area contributed by atoms with Gasteiger partial charge in [0.25, 0.3) is 5.91 Å². The molecule has 210 valence electrons. The molecule has 1 unspecified atom stereocenters. The fraction of sp³-hybridized carbons (Fsp3) is 0.560. The Balaban J connectivity index is 1.99. The summed E-state index contributed by atoms with van der Waals surface area (Å²) in [4.78, 5) is 50.5. The quantitative estimate of drug-likeness (QED) is 0.0664. The Hall–Kier alpha value is -3.87. The standard InChI is InChI=1S/C25H38N6O7/c1-2-3-12-27-25(36)28-13-4-5-20(24(35)31-14-10-19(11-15-31)38-16-21(32)33)29-23(34)18-8-6-17(7-9-18)22(26)30-37/h6-9,19-20,37H,2-5,10-16H2,1H3,(H2,26,30)(H,29,34)(H,32,33)(H2,27,28,36). The Labute approximate surface area is 221 Å². The summed E-state index contributed by atoms with van der Waals surface area (Å²) < 4.78 is 5.34. The first-order valence-electron chi connectivity index (χ1n) is 12.8. The zero-order valence-electron chi connectivity index (χ0n) is 21.6. The summed E-state index contributed by atoms with van der Waals surface area (Å²) in [6.07, 6.45) is 3.36. The van der Waals surface area contributed by atoms with Crippen molar-refractivity contribution in [2.45, 2.75) is 57.6 Å². The number of likely N-dealkylation sites (tertiary alicyclic amines) is 1. The monoisotopic (exact) mass is 534 g/mol. The Kier molecular flexibility index (Phi) is 12.8. The smallest absolute Gasteiger partial charge is 0.329 e. The number of rotatable bonds is 14. The molecule has 0 bridgehead atoms. The number of hydrogen-bond acceptors (Lipinski definition) is 7. The predicted molar refractivity (Wildman–Crippen MR) is 139 cm³/mol. The van der Waals surface area contributed by atoms with E-state index in [0.29, 0.717) is 63.0 Å². The van der Waals surface area contributed by atoms with Crippen molar-refractivity contribution < 1.29 is 34.2 Å². The fourth-order valence-corrected chi connectivity index (χ4v) is 3.95. The summed E-state index contributed by atoms with van der Waals surface area (Å²) in [5.74, 6) is -1.85. The molecule has 1 aliphatic rings. The first kappa shape index (κ1) is 30.4. The van der Waals surface area contributed by atoms with Crippen molar-refractivity contribution >= 4 is 29.7 Å². The van der Waals surface area contributed by atoms with E-state index in [0.717, 1.165) is 12.8 Å². The molecule has 13 heteroatoms. The molecule has 0 radical (unpaired) electrons. The van der Waals surface area contributed by atoms with Gasteiger partial charge < -0.3 is 41.6 Å². The second-order valence-electron chi connectivity index (χ2n) is 9.00. The van der Waals surface area contributed by atoms with Crippen LogP contribution in [0.3, 0.4) is 0 Å². The number of amidine groups is 1. The Morgan fingerprint density at radius 2 is 1.68 bits per heavy atom. The summed E-state index contributed by atoms with van der Waals surface area (Å²) in [7, 11) is 0. The first-order chi connectivity index (χ1) is 18.2. The number of benzene rings is 1. The predicted octanol–water partition coefficient (Wildman–Crippen LogP) is 0.851. The third kappa shape index (κ3) is 10.2. The molecule has 1 aromatic rings. The first-order valence-corrected chi connectivity index (χ1v) is 12.8. The minimum Gasteiger partial charge on any atom is -0.480 e. The normalized spacial score (nSPS) is 15.0. The Morgan fingerprint density at radius 1 is 1.08 bits per heavy atom. The summed E-state index contributed by atoms with van der Waals surface area (Å²) in [5.41, 5.74) is 6.30. The lowest BCUT2D eigenvalue weighted by Gasteiger charge is -2.34. The summed E-state index contributed by atoms with van der Waals surface area (Å²) in [6, 6.07) is 4.98. The van der Waals surface area contributed by atoms with Gasteiger partial charge >= 0.3 is 12.0 Å². The van der Waals surface area contributed by atoms with Gasteiger partial charge in [-0.15, -0.1) is 0 Å². The van der Waals surface area contributed by atoms with Gasteiger partial charge in [0.2, 0.25) is 5.91 Å². The molecular weight excluding hydrogens is 496 g/mol. The Morgan fingerprint density at radius 3 is 2.26 bits per heavy atom. The Bertz CT molecular complexity index is 961. The van der Waals surface area contributed by atoms with Crippen LogP contribution in [0.15, 0.2) is 29.4 Å². The maximum Gasteiger partial charge on any atom is 0.329 e. The number of nitrogens with two attached hydrogens (primary N) is 1. The van der Waals surface area contributed by atoms with E-state index in [1.165, 1.54) is 24.3 Å². The number of piperidine rings is 1. The van der Waals surface area contributed by atoms with Crippen molar-refractivity contribution in [2.75, 3.05) is 32.8 Å². The van der Waals surface area contributed by atoms with Crippen LogP contribution in [-0.2, 0) is 14.3 Å². The van der Waals surface area contributed by atoms with Gasteiger partial charge in [0.05, 0.1) is 6.10 Å². The third-order valence-electron chi connectivity index (χ3n) is 6.12. The summed E-state index contributed by atoms with van der Waals surface area (Å²) in [5, 5.41) is 28.8. The van der Waals surface area contributed by atoms with Crippen molar-refractivity contribution in [3.05, 3.63) is 35.4 Å². The molecule has 1 heterocycles. The van der Waals surface area contributed by atoms with Gasteiger partial charge in [0, 0.05) is 37.3 Å². The maximum atomic E-state index is 13.3. The minimum absolute atomic E-state index is 0.0908. The molecule has 13 nitrogen and oxygen atoms in total. The lowest BCUT2D eigenvalue weighted by molar-refractivity contribution is -0.147. The molecule has 1 saturated heterocycles. The van der Waals surface area contributed by atoms with Gasteiger partial charge in [-0.25, -0.2) is 9.59 Å². The third-order valence-corrected chi connectivity index (χ3v) is 6.12. The number of oxime groups is 1. The summed E-state index contributed by atoms with van der Waals surface area (Å²) >= 11 is 0. The van der Waals surface area contributed by atoms with Crippen LogP contribution in [0, 0.1) is 0 Å². The minimum atomic E-state index is -1.04. The molecule has 1 aliphatic heterocycles. The zero-order chi connectivity index (χ0) is 27.9. The van der Waals surface area contributed by atoms with E-state index in [9.17, 15) is 19.2 Å². The second kappa shape index (κ2) is 16.1. The SMILES string of the molecule is CCCCNC(=O)NCCCC(NC(=O)c1ccc(/C(N)=N/O)cc1)C(=O)N1CCC(OCC(=O)O)CC1. The number of ether oxygens (including phenoxy) is 1. The van der Waals surface area contributed by atoms with Gasteiger partial charge in [-0.05, 0) is 44.2 Å². The lowest BCUT2D eigenvalue weighted by atomic mass is 10.0. The van der Waals surface area contributed by atoms with E-state index in [1.54, 1.807) is 4.90 Å². The molecule has 0 spiro atoms. The fourth-order valence-electron chi connectivity index (χ4n) is 3.95. The van der Waals surface area contributed by atoms with Gasteiger partial charge in [-0.2, -0.15) is 0 Å². The highest BCUT2D eigenvalue weighted by atomic mass is 16.5. The van der Waals surface area contributed by atoms with Crippen LogP contribution < -0.4 is 21.7 Å². The van der Waals surface area contributed by atoms with Crippen molar-refractivity contribution in [3.8, 4) is 0 Å². The van der Waals surface area contributed by atoms with Crippen molar-refractivity contribution in [3.63, 3.8) is 0 Å². The average Bonchev–Trinajstić information content (AvgIpc) is 2.93. The molecule has 2 rings (SSSR count). The van der Waals surface area contributed by atoms with E-state index in [-0.39, 0.29) is 30.5 Å². The average molecular weight is 535 g/mol. The van der Waals surface area contributed by atoms with Gasteiger partial charge in [0.15, 0.2) is 5.84 Å². The molecule has 1 aromatic carbocycles. The topological polar surface area (TPSA) is 196 Å². The number of carbonyl (C=O) groups excluding carboxylic acids is 3.